The summed E-state index contributed by atoms with van der Waals surface area (Å²) >= 11 is 0. The highest BCUT2D eigenvalue weighted by Gasteiger charge is 2.14. The van der Waals surface area contributed by atoms with E-state index >= 15 is 0 Å². The van der Waals surface area contributed by atoms with Gasteiger partial charge in [0.05, 0.1) is 6.04 Å². The second kappa shape index (κ2) is 11.1. The molecule has 0 heterocycles. The Hall–Kier alpha value is -3.20. The maximum atomic E-state index is 14.1. The zero-order valence-corrected chi connectivity index (χ0v) is 20.0. The molecule has 0 saturated heterocycles. The number of benzene rings is 3. The Labute approximate surface area is 196 Å². The Kier molecular flexibility index (Phi) is 8.21. The molecule has 1 nitrogen and oxygen atoms in total. The molecule has 0 aliphatic heterocycles. The lowest BCUT2D eigenvalue weighted by molar-refractivity contribution is 0.571. The molecule has 0 aromatic heterocycles. The van der Waals surface area contributed by atoms with Gasteiger partial charge in [-0.1, -0.05) is 67.6 Å². The fourth-order valence-corrected chi connectivity index (χ4v) is 3.99. The van der Waals surface area contributed by atoms with Gasteiger partial charge in [0.25, 0.3) is 0 Å². The van der Waals surface area contributed by atoms with Crippen LogP contribution in [0.3, 0.4) is 0 Å². The molecule has 0 aliphatic carbocycles. The molecule has 172 valence electrons. The van der Waals surface area contributed by atoms with Crippen LogP contribution in [-0.4, -0.2) is 0 Å². The standard InChI is InChI=1S/C30H33F2N/c1-6-30(25-10-8-7-9-11-25)33-22(5)26-15-13-23(28(18-26)21(4)20(2)3)12-14-24-16-17-27(31)19-29(24)32/h7-11,13,15-19,30,33H,5-6,12,14H2,1-4H3. The molecule has 3 heteroatoms. The first-order valence-electron chi connectivity index (χ1n) is 11.5. The van der Waals surface area contributed by atoms with Crippen LogP contribution in [0, 0.1) is 11.6 Å². The van der Waals surface area contributed by atoms with E-state index in [1.165, 1.54) is 28.8 Å². The Morgan fingerprint density at radius 1 is 0.879 bits per heavy atom. The molecule has 1 atom stereocenters. The third kappa shape index (κ3) is 6.19. The van der Waals surface area contributed by atoms with E-state index in [-0.39, 0.29) is 6.04 Å². The zero-order valence-electron chi connectivity index (χ0n) is 20.0. The summed E-state index contributed by atoms with van der Waals surface area (Å²) in [5, 5.41) is 3.59. The van der Waals surface area contributed by atoms with Gasteiger partial charge in [-0.25, -0.2) is 8.78 Å². The minimum atomic E-state index is -0.548. The number of rotatable bonds is 9. The Bertz CT molecular complexity index is 1140. The van der Waals surface area contributed by atoms with Crippen molar-refractivity contribution in [2.75, 3.05) is 0 Å². The number of allylic oxidation sites excluding steroid dienone is 2. The van der Waals surface area contributed by atoms with Crippen LogP contribution in [0.15, 0.2) is 78.9 Å². The molecule has 3 rings (SSSR count). The van der Waals surface area contributed by atoms with Crippen molar-refractivity contribution < 1.29 is 8.78 Å². The van der Waals surface area contributed by atoms with Crippen LogP contribution in [0.25, 0.3) is 11.3 Å². The monoisotopic (exact) mass is 445 g/mol. The number of hydrogen-bond donors (Lipinski definition) is 1. The largest absolute Gasteiger partial charge is 0.378 e. The number of hydrogen-bond acceptors (Lipinski definition) is 1. The molecule has 33 heavy (non-hydrogen) atoms. The van der Waals surface area contributed by atoms with Gasteiger partial charge in [0.1, 0.15) is 11.6 Å². The second-order valence-electron chi connectivity index (χ2n) is 8.73. The van der Waals surface area contributed by atoms with Crippen LogP contribution in [0.2, 0.25) is 0 Å². The highest BCUT2D eigenvalue weighted by Crippen LogP contribution is 2.28. The molecule has 0 aliphatic rings. The lowest BCUT2D eigenvalue weighted by Crippen LogP contribution is -2.19. The van der Waals surface area contributed by atoms with Crippen LogP contribution in [-0.2, 0) is 12.8 Å². The summed E-state index contributed by atoms with van der Waals surface area (Å²) < 4.78 is 27.4. The molecule has 0 bridgehead atoms. The Balaban J connectivity index is 1.86. The first-order chi connectivity index (χ1) is 15.8. The molecule has 0 radical (unpaired) electrons. The van der Waals surface area contributed by atoms with Crippen molar-refractivity contribution in [3.63, 3.8) is 0 Å². The van der Waals surface area contributed by atoms with E-state index in [0.29, 0.717) is 18.4 Å². The van der Waals surface area contributed by atoms with Gasteiger partial charge in [0, 0.05) is 11.8 Å². The van der Waals surface area contributed by atoms with Gasteiger partial charge < -0.3 is 5.32 Å². The van der Waals surface area contributed by atoms with E-state index in [4.69, 9.17) is 0 Å². The van der Waals surface area contributed by atoms with E-state index < -0.39 is 11.6 Å². The fourth-order valence-electron chi connectivity index (χ4n) is 3.99. The van der Waals surface area contributed by atoms with Gasteiger partial charge in [0.15, 0.2) is 0 Å². The average molecular weight is 446 g/mol. The second-order valence-corrected chi connectivity index (χ2v) is 8.73. The molecule has 0 fully saturated rings. The van der Waals surface area contributed by atoms with Crippen molar-refractivity contribution in [1.82, 2.24) is 5.32 Å². The van der Waals surface area contributed by atoms with Crippen molar-refractivity contribution in [2.45, 2.75) is 53.0 Å². The summed E-state index contributed by atoms with van der Waals surface area (Å²) in [6.45, 7) is 12.8. The zero-order chi connectivity index (χ0) is 24.0. The van der Waals surface area contributed by atoms with E-state index in [1.807, 2.05) is 6.07 Å². The van der Waals surface area contributed by atoms with Crippen LogP contribution in [0.4, 0.5) is 8.78 Å². The molecule has 1 unspecified atom stereocenters. The highest BCUT2D eigenvalue weighted by atomic mass is 19.1. The molecule has 3 aromatic carbocycles. The Morgan fingerprint density at radius 2 is 1.55 bits per heavy atom. The predicted octanol–water partition coefficient (Wildman–Crippen LogP) is 8.27. The first-order valence-corrected chi connectivity index (χ1v) is 11.5. The third-order valence-electron chi connectivity index (χ3n) is 6.25. The van der Waals surface area contributed by atoms with Crippen molar-refractivity contribution in [3.05, 3.63) is 118 Å². The molecule has 1 N–H and O–H groups in total. The van der Waals surface area contributed by atoms with Gasteiger partial charge in [0.2, 0.25) is 0 Å². The van der Waals surface area contributed by atoms with Gasteiger partial charge >= 0.3 is 0 Å². The van der Waals surface area contributed by atoms with Crippen molar-refractivity contribution in [2.24, 2.45) is 0 Å². The summed E-state index contributed by atoms with van der Waals surface area (Å²) in [5.41, 5.74) is 8.40. The SMILES string of the molecule is C=C(NC(CC)c1ccccc1)c1ccc(CCc2ccc(F)cc2F)c(C(C)=C(C)C)c1. The maximum absolute atomic E-state index is 14.1. The summed E-state index contributed by atoms with van der Waals surface area (Å²) in [4.78, 5) is 0. The van der Waals surface area contributed by atoms with E-state index in [0.717, 1.165) is 34.9 Å². The quantitative estimate of drug-likeness (QED) is 0.349. The predicted molar refractivity (Wildman–Crippen MR) is 136 cm³/mol. The molecular formula is C30H33F2N. The maximum Gasteiger partial charge on any atom is 0.129 e. The van der Waals surface area contributed by atoms with Crippen LogP contribution >= 0.6 is 0 Å². The third-order valence-corrected chi connectivity index (χ3v) is 6.25. The number of aryl methyl sites for hydroxylation is 2. The molecule has 3 aromatic rings. The van der Waals surface area contributed by atoms with Gasteiger partial charge in [-0.3, -0.25) is 0 Å². The molecule has 0 spiro atoms. The topological polar surface area (TPSA) is 12.0 Å². The van der Waals surface area contributed by atoms with Crippen LogP contribution in [0.5, 0.6) is 0 Å². The van der Waals surface area contributed by atoms with E-state index in [1.54, 1.807) is 0 Å². The smallest absolute Gasteiger partial charge is 0.129 e. The van der Waals surface area contributed by atoms with Gasteiger partial charge in [-0.05, 0) is 85.6 Å². The lowest BCUT2D eigenvalue weighted by Gasteiger charge is -2.22. The van der Waals surface area contributed by atoms with E-state index in [2.05, 4.69) is 82.1 Å². The summed E-state index contributed by atoms with van der Waals surface area (Å²) in [5.74, 6) is -1.04. The highest BCUT2D eigenvalue weighted by molar-refractivity contribution is 5.74. The van der Waals surface area contributed by atoms with Crippen molar-refractivity contribution >= 4 is 11.3 Å². The van der Waals surface area contributed by atoms with Crippen LogP contribution < -0.4 is 5.32 Å². The summed E-state index contributed by atoms with van der Waals surface area (Å²) in [7, 11) is 0. The molecular weight excluding hydrogens is 412 g/mol. The van der Waals surface area contributed by atoms with Gasteiger partial charge in [-0.15, -0.1) is 0 Å². The Morgan fingerprint density at radius 3 is 2.18 bits per heavy atom. The minimum absolute atomic E-state index is 0.188. The van der Waals surface area contributed by atoms with Crippen molar-refractivity contribution in [1.29, 1.82) is 0 Å². The lowest BCUT2D eigenvalue weighted by atomic mass is 9.91. The molecule has 0 saturated carbocycles. The normalized spacial score (nSPS) is 11.7. The minimum Gasteiger partial charge on any atom is -0.378 e. The summed E-state index contributed by atoms with van der Waals surface area (Å²) in [6.07, 6.45) is 2.13. The average Bonchev–Trinajstić information content (AvgIpc) is 2.81. The first kappa shape index (κ1) is 24.4. The number of nitrogens with one attached hydrogen (secondary N) is 1. The van der Waals surface area contributed by atoms with Crippen molar-refractivity contribution in [3.8, 4) is 0 Å². The molecule has 0 amide bonds. The van der Waals surface area contributed by atoms with Crippen LogP contribution in [0.1, 0.15) is 68.0 Å². The van der Waals surface area contributed by atoms with E-state index in [9.17, 15) is 8.78 Å². The summed E-state index contributed by atoms with van der Waals surface area (Å²) in [6, 6.07) is 20.7. The van der Waals surface area contributed by atoms with Gasteiger partial charge in [-0.2, -0.15) is 0 Å². The fraction of sp³-hybridized carbons (Fsp3) is 0.267. The number of halogens is 2.